The van der Waals surface area contributed by atoms with Crippen molar-refractivity contribution in [2.24, 2.45) is 0 Å². The number of aliphatic hydroxyl groups excluding tert-OH is 1. The van der Waals surface area contributed by atoms with Crippen molar-refractivity contribution < 1.29 is 14.7 Å². The third-order valence-electron chi connectivity index (χ3n) is 7.50. The summed E-state index contributed by atoms with van der Waals surface area (Å²) < 4.78 is 0. The van der Waals surface area contributed by atoms with Gasteiger partial charge in [0.2, 0.25) is 5.91 Å². The van der Waals surface area contributed by atoms with E-state index in [0.717, 1.165) is 11.1 Å². The van der Waals surface area contributed by atoms with E-state index < -0.39 is 11.5 Å². The second-order valence-electron chi connectivity index (χ2n) is 10.2. The molecule has 1 unspecified atom stereocenters. The lowest BCUT2D eigenvalue weighted by Gasteiger charge is -2.44. The maximum absolute atomic E-state index is 14.0. The maximum atomic E-state index is 14.0. The second kappa shape index (κ2) is 11.7. The van der Waals surface area contributed by atoms with E-state index in [0.29, 0.717) is 31.5 Å². The minimum absolute atomic E-state index is 0.00439. The third-order valence-corrected chi connectivity index (χ3v) is 7.50. The zero-order valence-corrected chi connectivity index (χ0v) is 21.9. The van der Waals surface area contributed by atoms with Gasteiger partial charge in [0.15, 0.2) is 0 Å². The Kier molecular flexibility index (Phi) is 8.41. The smallest absolute Gasteiger partial charge is 0.251 e. The van der Waals surface area contributed by atoms with Crippen LogP contribution in [0.25, 0.3) is 0 Å². The molecule has 6 heteroatoms. The summed E-state index contributed by atoms with van der Waals surface area (Å²) in [7, 11) is 3.61. The molecule has 3 aromatic rings. The summed E-state index contributed by atoms with van der Waals surface area (Å²) >= 11 is 0. The number of β-amino-alcohol motifs (C(OH)–C–C–N with tert-alkyl or cyclic N) is 1. The highest BCUT2D eigenvalue weighted by atomic mass is 16.3. The van der Waals surface area contributed by atoms with Crippen LogP contribution in [0.2, 0.25) is 0 Å². The number of rotatable bonds is 8. The van der Waals surface area contributed by atoms with E-state index in [1.165, 1.54) is 0 Å². The average Bonchev–Trinajstić information content (AvgIpc) is 2.93. The molecule has 1 aliphatic rings. The number of amides is 2. The first-order valence-electron chi connectivity index (χ1n) is 12.9. The minimum Gasteiger partial charge on any atom is -0.390 e. The van der Waals surface area contributed by atoms with Gasteiger partial charge in [-0.3, -0.25) is 14.5 Å². The van der Waals surface area contributed by atoms with Crippen molar-refractivity contribution in [1.29, 1.82) is 0 Å². The quantitative estimate of drug-likeness (QED) is 0.496. The Bertz CT molecular complexity index is 1130. The normalized spacial score (nSPS) is 19.1. The fourth-order valence-corrected chi connectivity index (χ4v) is 5.50. The molecule has 2 amide bonds. The number of likely N-dealkylation sites (N-methyl/N-ethyl adjacent to an activating group) is 1. The number of carbonyl (C=O) groups excluding carboxylic acids is 2. The number of nitrogens with zero attached hydrogens (tertiary/aromatic N) is 2. The van der Waals surface area contributed by atoms with Crippen molar-refractivity contribution in [2.45, 2.75) is 43.4 Å². The number of nitrogens with one attached hydrogen (secondary N) is 1. The molecule has 3 atom stereocenters. The highest BCUT2D eigenvalue weighted by Gasteiger charge is 2.45. The van der Waals surface area contributed by atoms with Crippen LogP contribution in [0.4, 0.5) is 0 Å². The Labute approximate surface area is 219 Å². The summed E-state index contributed by atoms with van der Waals surface area (Å²) in [6, 6.07) is 28.7. The van der Waals surface area contributed by atoms with E-state index >= 15 is 0 Å². The summed E-state index contributed by atoms with van der Waals surface area (Å²) in [5, 5.41) is 14.0. The van der Waals surface area contributed by atoms with Crippen molar-refractivity contribution >= 4 is 11.8 Å². The van der Waals surface area contributed by atoms with Crippen LogP contribution in [0.5, 0.6) is 0 Å². The summed E-state index contributed by atoms with van der Waals surface area (Å²) in [4.78, 5) is 30.5. The first-order chi connectivity index (χ1) is 17.8. The second-order valence-corrected chi connectivity index (χ2v) is 10.2. The van der Waals surface area contributed by atoms with Gasteiger partial charge in [-0.1, -0.05) is 78.9 Å². The SMILES string of the molecule is CC(CC(C(=O)N(C)C)(c1ccccc1)c1ccccc1)N1CC[C@@H](NC(=O)c2ccccc2)[C@@H](O)C1. The van der Waals surface area contributed by atoms with Gasteiger partial charge in [0.1, 0.15) is 5.41 Å². The molecule has 1 aliphatic heterocycles. The predicted molar refractivity (Wildman–Crippen MR) is 146 cm³/mol. The van der Waals surface area contributed by atoms with Crippen LogP contribution in [0.15, 0.2) is 91.0 Å². The van der Waals surface area contributed by atoms with Gasteiger partial charge in [0, 0.05) is 38.8 Å². The minimum atomic E-state index is -0.866. The Morgan fingerprint density at radius 3 is 1.95 bits per heavy atom. The molecular weight excluding hydrogens is 462 g/mol. The molecule has 194 valence electrons. The van der Waals surface area contributed by atoms with Crippen LogP contribution in [0.1, 0.15) is 41.3 Å². The number of carbonyl (C=O) groups is 2. The van der Waals surface area contributed by atoms with Crippen molar-refractivity contribution in [3.8, 4) is 0 Å². The topological polar surface area (TPSA) is 72.9 Å². The highest BCUT2D eigenvalue weighted by molar-refractivity contribution is 5.94. The molecule has 1 fully saturated rings. The molecule has 0 spiro atoms. The van der Waals surface area contributed by atoms with E-state index in [1.807, 2.05) is 78.9 Å². The molecule has 37 heavy (non-hydrogen) atoms. The fraction of sp³-hybridized carbons (Fsp3) is 0.355. The van der Waals surface area contributed by atoms with E-state index in [-0.39, 0.29) is 23.9 Å². The molecule has 0 aliphatic carbocycles. The first-order valence-corrected chi connectivity index (χ1v) is 12.9. The van der Waals surface area contributed by atoms with Gasteiger partial charge in [-0.2, -0.15) is 0 Å². The summed E-state index contributed by atoms with van der Waals surface area (Å²) in [5.74, 6) is -0.141. The maximum Gasteiger partial charge on any atom is 0.251 e. The Balaban J connectivity index is 1.56. The highest BCUT2D eigenvalue weighted by Crippen LogP contribution is 2.39. The zero-order valence-electron chi connectivity index (χ0n) is 21.9. The molecule has 2 N–H and O–H groups in total. The van der Waals surface area contributed by atoms with Crippen LogP contribution < -0.4 is 5.32 Å². The van der Waals surface area contributed by atoms with E-state index in [9.17, 15) is 14.7 Å². The van der Waals surface area contributed by atoms with E-state index in [2.05, 4.69) is 17.1 Å². The standard InChI is InChI=1S/C31H37N3O3/c1-23(34-20-19-27(28(35)22-34)32-29(36)24-13-7-4-8-14-24)21-31(30(37)33(2)3,25-15-9-5-10-16-25)26-17-11-6-12-18-26/h4-18,23,27-28,35H,19-22H2,1-3H3,(H,32,36)/t23?,27-,28+/m1/s1. The van der Waals surface area contributed by atoms with Gasteiger partial charge in [-0.15, -0.1) is 0 Å². The molecule has 0 bridgehead atoms. The van der Waals surface area contributed by atoms with Crippen LogP contribution in [0.3, 0.4) is 0 Å². The van der Waals surface area contributed by atoms with Crippen molar-refractivity contribution in [1.82, 2.24) is 15.1 Å². The number of aliphatic hydroxyl groups is 1. The van der Waals surface area contributed by atoms with Gasteiger partial charge in [-0.05, 0) is 43.0 Å². The van der Waals surface area contributed by atoms with Crippen LogP contribution in [0, 0.1) is 0 Å². The first kappa shape index (κ1) is 26.6. The number of likely N-dealkylation sites (tertiary alicyclic amines) is 1. The lowest BCUT2D eigenvalue weighted by atomic mass is 9.69. The van der Waals surface area contributed by atoms with Gasteiger partial charge >= 0.3 is 0 Å². The monoisotopic (exact) mass is 499 g/mol. The molecular formula is C31H37N3O3. The van der Waals surface area contributed by atoms with Crippen molar-refractivity contribution in [3.05, 3.63) is 108 Å². The molecule has 0 aromatic heterocycles. The molecule has 1 heterocycles. The molecule has 1 saturated heterocycles. The number of hydrogen-bond donors (Lipinski definition) is 2. The lowest BCUT2D eigenvalue weighted by Crippen LogP contribution is -2.57. The fourth-order valence-electron chi connectivity index (χ4n) is 5.50. The summed E-state index contributed by atoms with van der Waals surface area (Å²) in [5.41, 5.74) is 1.63. The zero-order chi connectivity index (χ0) is 26.4. The molecule has 6 nitrogen and oxygen atoms in total. The third kappa shape index (κ3) is 5.76. The Hall–Kier alpha value is -3.48. The van der Waals surface area contributed by atoms with Gasteiger partial charge in [-0.25, -0.2) is 0 Å². The Morgan fingerprint density at radius 2 is 1.46 bits per heavy atom. The molecule has 0 saturated carbocycles. The molecule has 3 aromatic carbocycles. The predicted octanol–water partition coefficient (Wildman–Crippen LogP) is 3.70. The number of piperidine rings is 1. The summed E-state index contributed by atoms with van der Waals surface area (Å²) in [6.07, 6.45) is 0.498. The largest absolute Gasteiger partial charge is 0.390 e. The number of benzene rings is 3. The van der Waals surface area contributed by atoms with Gasteiger partial charge < -0.3 is 15.3 Å². The van der Waals surface area contributed by atoms with Gasteiger partial charge in [0.25, 0.3) is 5.91 Å². The molecule has 0 radical (unpaired) electrons. The van der Waals surface area contributed by atoms with Crippen LogP contribution in [-0.2, 0) is 10.2 Å². The van der Waals surface area contributed by atoms with E-state index in [1.54, 1.807) is 31.1 Å². The summed E-state index contributed by atoms with van der Waals surface area (Å²) in [6.45, 7) is 3.27. The van der Waals surface area contributed by atoms with Gasteiger partial charge in [0.05, 0.1) is 12.1 Å². The molecule has 4 rings (SSSR count). The Morgan fingerprint density at radius 1 is 0.946 bits per heavy atom. The van der Waals surface area contributed by atoms with Crippen LogP contribution >= 0.6 is 0 Å². The average molecular weight is 500 g/mol. The lowest BCUT2D eigenvalue weighted by molar-refractivity contribution is -0.134. The van der Waals surface area contributed by atoms with E-state index in [4.69, 9.17) is 0 Å². The van der Waals surface area contributed by atoms with Crippen molar-refractivity contribution in [3.63, 3.8) is 0 Å². The number of hydrogen-bond acceptors (Lipinski definition) is 4. The van der Waals surface area contributed by atoms with Crippen LogP contribution in [-0.4, -0.2) is 72.1 Å². The van der Waals surface area contributed by atoms with Crippen molar-refractivity contribution in [2.75, 3.05) is 27.2 Å².